The number of carbonyl (C=O) groups excluding carboxylic acids is 1. The summed E-state index contributed by atoms with van der Waals surface area (Å²) in [6.07, 6.45) is 0.894. The van der Waals surface area contributed by atoms with E-state index in [1.54, 1.807) is 11.3 Å². The number of benzene rings is 2. The topological polar surface area (TPSA) is 66.4 Å². The van der Waals surface area contributed by atoms with Crippen LogP contribution in [0.4, 0.5) is 10.8 Å². The summed E-state index contributed by atoms with van der Waals surface area (Å²) in [6, 6.07) is 9.61. The Morgan fingerprint density at radius 3 is 2.63 bits per heavy atom. The summed E-state index contributed by atoms with van der Waals surface area (Å²) in [5.74, 6) is -0.0929. The Balaban J connectivity index is 1.94. The van der Waals surface area contributed by atoms with Gasteiger partial charge in [-0.3, -0.25) is 10.2 Å². The Morgan fingerprint density at radius 2 is 1.93 bits per heavy atom. The summed E-state index contributed by atoms with van der Waals surface area (Å²) in [5, 5.41) is 8.17. The monoisotopic (exact) mass is 380 g/mol. The Labute approximate surface area is 163 Å². The molecule has 0 bridgehead atoms. The van der Waals surface area contributed by atoms with Crippen molar-refractivity contribution >= 4 is 44.0 Å². The van der Waals surface area contributed by atoms with E-state index in [0.717, 1.165) is 49.9 Å². The van der Waals surface area contributed by atoms with Crippen molar-refractivity contribution in [2.24, 2.45) is 5.10 Å². The van der Waals surface area contributed by atoms with Crippen LogP contribution in [0.3, 0.4) is 0 Å². The molecule has 0 atom stereocenters. The molecular formula is C21H24N4OS. The second kappa shape index (κ2) is 7.88. The van der Waals surface area contributed by atoms with Crippen LogP contribution in [0, 0.1) is 20.8 Å². The minimum atomic E-state index is -0.0929. The molecule has 0 saturated carbocycles. The highest BCUT2D eigenvalue weighted by molar-refractivity contribution is 7.22. The van der Waals surface area contributed by atoms with E-state index in [-0.39, 0.29) is 5.91 Å². The van der Waals surface area contributed by atoms with Gasteiger partial charge in [0.2, 0.25) is 5.13 Å². The Bertz CT molecular complexity index is 1040. The summed E-state index contributed by atoms with van der Waals surface area (Å²) in [4.78, 5) is 17.4. The average Bonchev–Trinajstić information content (AvgIpc) is 3.06. The van der Waals surface area contributed by atoms with E-state index in [0.29, 0.717) is 5.56 Å². The van der Waals surface area contributed by atoms with E-state index in [1.165, 1.54) is 0 Å². The predicted octanol–water partition coefficient (Wildman–Crippen LogP) is 5.67. The van der Waals surface area contributed by atoms with Crippen LogP contribution in [-0.4, -0.2) is 16.6 Å². The fourth-order valence-corrected chi connectivity index (χ4v) is 3.75. The molecule has 1 amide bonds. The summed E-state index contributed by atoms with van der Waals surface area (Å²) in [5.41, 5.74) is 9.47. The van der Waals surface area contributed by atoms with Crippen LogP contribution in [0.5, 0.6) is 0 Å². The minimum absolute atomic E-state index is 0.0929. The van der Waals surface area contributed by atoms with E-state index >= 15 is 0 Å². The number of rotatable bonds is 5. The van der Waals surface area contributed by atoms with Crippen molar-refractivity contribution in [1.29, 1.82) is 0 Å². The highest BCUT2D eigenvalue weighted by Crippen LogP contribution is 2.35. The van der Waals surface area contributed by atoms with Crippen molar-refractivity contribution < 1.29 is 4.79 Å². The number of nitrogens with one attached hydrogen (secondary N) is 2. The van der Waals surface area contributed by atoms with Crippen molar-refractivity contribution in [3.63, 3.8) is 0 Å². The van der Waals surface area contributed by atoms with Gasteiger partial charge in [-0.1, -0.05) is 36.5 Å². The number of aryl methyl sites for hydroxylation is 3. The van der Waals surface area contributed by atoms with Crippen molar-refractivity contribution in [3.05, 3.63) is 52.6 Å². The molecule has 1 heterocycles. The van der Waals surface area contributed by atoms with Gasteiger partial charge in [0.05, 0.1) is 10.2 Å². The molecule has 0 fully saturated rings. The number of thiazole rings is 1. The Kier molecular flexibility index (Phi) is 5.56. The van der Waals surface area contributed by atoms with Gasteiger partial charge in [-0.15, -0.1) is 0 Å². The fraction of sp³-hybridized carbons (Fsp3) is 0.286. The number of hydrazone groups is 1. The molecule has 2 N–H and O–H groups in total. The zero-order valence-corrected chi connectivity index (χ0v) is 17.1. The van der Waals surface area contributed by atoms with Gasteiger partial charge in [0.1, 0.15) is 0 Å². The normalized spacial score (nSPS) is 11.7. The first kappa shape index (κ1) is 19.0. The SMILES string of the molecule is CC/C(C)=N/Nc1nc2cc(C)c(NC(=O)c3ccccc3C)c(C)c2s1. The number of amides is 1. The van der Waals surface area contributed by atoms with Gasteiger partial charge in [0, 0.05) is 17.0 Å². The van der Waals surface area contributed by atoms with Crippen molar-refractivity contribution in [2.75, 3.05) is 10.7 Å². The van der Waals surface area contributed by atoms with Crippen molar-refractivity contribution in [3.8, 4) is 0 Å². The zero-order chi connectivity index (χ0) is 19.6. The summed E-state index contributed by atoms with van der Waals surface area (Å²) < 4.78 is 1.05. The van der Waals surface area contributed by atoms with E-state index in [9.17, 15) is 4.79 Å². The lowest BCUT2D eigenvalue weighted by Crippen LogP contribution is -2.15. The zero-order valence-electron chi connectivity index (χ0n) is 16.3. The molecule has 3 rings (SSSR count). The second-order valence-electron chi connectivity index (χ2n) is 6.64. The number of hydrogen-bond donors (Lipinski definition) is 2. The lowest BCUT2D eigenvalue weighted by atomic mass is 10.1. The van der Waals surface area contributed by atoms with Gasteiger partial charge in [0.25, 0.3) is 5.91 Å². The van der Waals surface area contributed by atoms with Gasteiger partial charge >= 0.3 is 0 Å². The predicted molar refractivity (Wildman–Crippen MR) is 115 cm³/mol. The standard InChI is InChI=1S/C21H24N4OS/c1-6-14(4)24-25-21-22-17-11-13(3)18(15(5)19(17)27-21)23-20(26)16-10-8-7-9-12(16)2/h7-11H,6H2,1-5H3,(H,22,25)(H,23,26)/b24-14+. The van der Waals surface area contributed by atoms with E-state index < -0.39 is 0 Å². The first-order valence-corrected chi connectivity index (χ1v) is 9.79. The summed E-state index contributed by atoms with van der Waals surface area (Å²) in [7, 11) is 0. The molecule has 0 radical (unpaired) electrons. The minimum Gasteiger partial charge on any atom is -0.321 e. The molecule has 0 spiro atoms. The third-order valence-corrected chi connectivity index (χ3v) is 5.69. The highest BCUT2D eigenvalue weighted by atomic mass is 32.1. The Hall–Kier alpha value is -2.73. The maximum absolute atomic E-state index is 12.7. The highest BCUT2D eigenvalue weighted by Gasteiger charge is 2.16. The molecule has 0 aliphatic carbocycles. The Morgan fingerprint density at radius 1 is 1.19 bits per heavy atom. The van der Waals surface area contributed by atoms with Crippen LogP contribution >= 0.6 is 11.3 Å². The summed E-state index contributed by atoms with van der Waals surface area (Å²) in [6.45, 7) is 10.00. The largest absolute Gasteiger partial charge is 0.321 e. The van der Waals surface area contributed by atoms with Crippen LogP contribution < -0.4 is 10.7 Å². The molecule has 0 saturated heterocycles. The van der Waals surface area contributed by atoms with Crippen LogP contribution in [0.1, 0.15) is 47.3 Å². The van der Waals surface area contributed by atoms with Gasteiger partial charge in [-0.05, 0) is 62.9 Å². The van der Waals surface area contributed by atoms with Crippen LogP contribution in [0.15, 0.2) is 35.4 Å². The number of fused-ring (bicyclic) bond motifs is 1. The third-order valence-electron chi connectivity index (χ3n) is 4.60. The van der Waals surface area contributed by atoms with Gasteiger partial charge in [-0.2, -0.15) is 5.10 Å². The van der Waals surface area contributed by atoms with Gasteiger partial charge in [0.15, 0.2) is 0 Å². The molecule has 0 aliphatic heterocycles. The number of carbonyl (C=O) groups is 1. The van der Waals surface area contributed by atoms with Gasteiger partial charge in [-0.25, -0.2) is 4.98 Å². The number of hydrogen-bond acceptors (Lipinski definition) is 5. The fourth-order valence-electron chi connectivity index (χ4n) is 2.86. The van der Waals surface area contributed by atoms with Crippen LogP contribution in [0.25, 0.3) is 10.2 Å². The molecule has 6 heteroatoms. The van der Waals surface area contributed by atoms with Crippen molar-refractivity contribution in [1.82, 2.24) is 4.98 Å². The van der Waals surface area contributed by atoms with Crippen LogP contribution in [0.2, 0.25) is 0 Å². The lowest BCUT2D eigenvalue weighted by molar-refractivity contribution is 0.102. The molecule has 1 aromatic heterocycles. The number of anilines is 2. The third kappa shape index (κ3) is 4.01. The molecule has 27 heavy (non-hydrogen) atoms. The lowest BCUT2D eigenvalue weighted by Gasteiger charge is -2.13. The number of aromatic nitrogens is 1. The molecule has 0 unspecified atom stereocenters. The van der Waals surface area contributed by atoms with E-state index in [2.05, 4.69) is 27.8 Å². The summed E-state index contributed by atoms with van der Waals surface area (Å²) >= 11 is 1.54. The average molecular weight is 381 g/mol. The molecule has 140 valence electrons. The molecule has 3 aromatic rings. The van der Waals surface area contributed by atoms with E-state index in [4.69, 9.17) is 0 Å². The molecular weight excluding hydrogens is 356 g/mol. The van der Waals surface area contributed by atoms with Crippen molar-refractivity contribution in [2.45, 2.75) is 41.0 Å². The number of nitrogens with zero attached hydrogens (tertiary/aromatic N) is 2. The van der Waals surface area contributed by atoms with E-state index in [1.807, 2.05) is 58.0 Å². The maximum Gasteiger partial charge on any atom is 0.255 e. The molecule has 5 nitrogen and oxygen atoms in total. The molecule has 0 aliphatic rings. The maximum atomic E-state index is 12.7. The van der Waals surface area contributed by atoms with Crippen LogP contribution in [-0.2, 0) is 0 Å². The first-order valence-electron chi connectivity index (χ1n) is 8.97. The molecule has 2 aromatic carbocycles. The smallest absolute Gasteiger partial charge is 0.255 e. The second-order valence-corrected chi connectivity index (χ2v) is 7.64. The first-order chi connectivity index (χ1) is 12.9. The van der Waals surface area contributed by atoms with Gasteiger partial charge < -0.3 is 5.32 Å². The quantitative estimate of drug-likeness (QED) is 0.442.